The molecule has 56 valence electrons. The smallest absolute Gasteiger partial charge is 0.232 e. The van der Waals surface area contributed by atoms with Crippen LogP contribution in [0.1, 0.15) is 0 Å². The lowest BCUT2D eigenvalue weighted by atomic mass is 11.7. The Hall–Kier alpha value is 0.450. The molecule has 7 heteroatoms. The van der Waals surface area contributed by atoms with Crippen LogP contribution in [-0.4, -0.2) is 20.5 Å². The van der Waals surface area contributed by atoms with Crippen LogP contribution < -0.4 is 0 Å². The van der Waals surface area contributed by atoms with E-state index >= 15 is 0 Å². The minimum Gasteiger partial charge on any atom is -0.232 e. The zero-order valence-corrected chi connectivity index (χ0v) is 6.54. The largest absolute Gasteiger partial charge is 0.402 e. The molecule has 0 aliphatic heterocycles. The van der Waals surface area contributed by atoms with Crippen molar-refractivity contribution in [2.24, 2.45) is 0 Å². The third-order valence-electron chi connectivity index (χ3n) is 0.378. The van der Waals surface area contributed by atoms with Gasteiger partial charge >= 0.3 is 10.4 Å². The fourth-order valence-electron chi connectivity index (χ4n) is 0.143. The summed E-state index contributed by atoms with van der Waals surface area (Å²) in [6.07, 6.45) is 0. The van der Waals surface area contributed by atoms with Crippen LogP contribution in [0.4, 0.5) is 0 Å². The Kier molecular flexibility index (Phi) is 4.51. The maximum atomic E-state index is 10.2. The zero-order chi connectivity index (χ0) is 7.33. The number of alkyl halides is 2. The topological polar surface area (TPSA) is 52.6 Å². The molecule has 0 aromatic carbocycles. The lowest BCUT2D eigenvalue weighted by Crippen LogP contribution is -2.07. The zero-order valence-electron chi connectivity index (χ0n) is 4.21. The van der Waals surface area contributed by atoms with Crippen molar-refractivity contribution in [2.45, 2.75) is 0 Å². The van der Waals surface area contributed by atoms with Crippen LogP contribution in [0.5, 0.6) is 0 Å². The minimum absolute atomic E-state index is 0.473. The first-order valence-corrected chi connectivity index (χ1v) is 4.18. The minimum atomic E-state index is -3.95. The lowest BCUT2D eigenvalue weighted by Gasteiger charge is -1.97. The molecule has 0 fully saturated rings. The quantitative estimate of drug-likeness (QED) is 0.618. The van der Waals surface area contributed by atoms with Gasteiger partial charge in [0, 0.05) is 0 Å². The highest BCUT2D eigenvalue weighted by molar-refractivity contribution is 7.81. The molecule has 0 unspecified atom stereocenters. The predicted octanol–water partition coefficient (Wildman–Crippen LogP) is 0.657. The molecule has 0 rings (SSSR count). The second-order valence-electron chi connectivity index (χ2n) is 0.862. The van der Waals surface area contributed by atoms with Gasteiger partial charge in [-0.2, -0.15) is 8.42 Å². The van der Waals surface area contributed by atoms with Crippen molar-refractivity contribution in [1.29, 1.82) is 0 Å². The van der Waals surface area contributed by atoms with Crippen LogP contribution in [0.2, 0.25) is 0 Å². The Balaban J connectivity index is 3.73. The van der Waals surface area contributed by atoms with Gasteiger partial charge in [0.05, 0.1) is 0 Å². The highest BCUT2D eigenvalue weighted by atomic mass is 35.5. The van der Waals surface area contributed by atoms with Crippen LogP contribution in [-0.2, 0) is 18.8 Å². The number of halogens is 2. The molecule has 0 heterocycles. The monoisotopic (exact) mass is 194 g/mol. The summed E-state index contributed by atoms with van der Waals surface area (Å²) in [6.45, 7) is 0. The van der Waals surface area contributed by atoms with E-state index in [2.05, 4.69) is 8.37 Å². The second-order valence-corrected chi connectivity index (χ2v) is 2.59. The maximum Gasteiger partial charge on any atom is 0.402 e. The maximum absolute atomic E-state index is 10.2. The summed E-state index contributed by atoms with van der Waals surface area (Å²) in [5.41, 5.74) is 0. The van der Waals surface area contributed by atoms with Crippen molar-refractivity contribution < 1.29 is 16.8 Å². The van der Waals surface area contributed by atoms with E-state index in [1.165, 1.54) is 0 Å². The molecule has 0 aromatic rings. The first-order chi connectivity index (χ1) is 4.12. The Morgan fingerprint density at radius 3 is 1.67 bits per heavy atom. The fourth-order valence-corrected chi connectivity index (χ4v) is 1.08. The number of hydrogen-bond donors (Lipinski definition) is 0. The molecule has 0 radical (unpaired) electrons. The SMILES string of the molecule is O=S(=O)(OCCl)OCCl. The summed E-state index contributed by atoms with van der Waals surface area (Å²) in [7, 11) is -3.95. The van der Waals surface area contributed by atoms with Crippen molar-refractivity contribution >= 4 is 33.6 Å². The summed E-state index contributed by atoms with van der Waals surface area (Å²) in [4.78, 5) is 0. The van der Waals surface area contributed by atoms with Crippen molar-refractivity contribution in [1.82, 2.24) is 0 Å². The molecule has 0 saturated heterocycles. The van der Waals surface area contributed by atoms with Crippen molar-refractivity contribution in [3.63, 3.8) is 0 Å². The van der Waals surface area contributed by atoms with Gasteiger partial charge in [0.2, 0.25) is 0 Å². The molecular formula is C2H4Cl2O4S. The summed E-state index contributed by atoms with van der Waals surface area (Å²) >= 11 is 9.79. The molecule has 0 saturated carbocycles. The lowest BCUT2D eigenvalue weighted by molar-refractivity contribution is 0.266. The normalized spacial score (nSPS) is 11.8. The van der Waals surface area contributed by atoms with Crippen LogP contribution in [0.15, 0.2) is 0 Å². The van der Waals surface area contributed by atoms with E-state index in [0.29, 0.717) is 0 Å². The summed E-state index contributed by atoms with van der Waals surface area (Å²) < 4.78 is 28.2. The highest BCUT2D eigenvalue weighted by Crippen LogP contribution is 1.97. The van der Waals surface area contributed by atoms with Crippen LogP contribution >= 0.6 is 23.2 Å². The summed E-state index contributed by atoms with van der Waals surface area (Å²) in [5, 5.41) is 0. The van der Waals surface area contributed by atoms with Gasteiger partial charge < -0.3 is 0 Å². The Morgan fingerprint density at radius 2 is 1.44 bits per heavy atom. The molecule has 9 heavy (non-hydrogen) atoms. The van der Waals surface area contributed by atoms with E-state index in [1.54, 1.807) is 0 Å². The Morgan fingerprint density at radius 1 is 1.11 bits per heavy atom. The standard InChI is InChI=1S/C2H4Cl2O4S/c3-1-7-9(5,6)8-2-4/h1-2H2. The van der Waals surface area contributed by atoms with Gasteiger partial charge in [-0.1, -0.05) is 23.2 Å². The van der Waals surface area contributed by atoms with Gasteiger partial charge in [-0.3, -0.25) is 0 Å². The molecule has 0 aromatic heterocycles. The molecule has 0 spiro atoms. The average Bonchev–Trinajstić information content (AvgIpc) is 1.64. The molecule has 0 atom stereocenters. The van der Waals surface area contributed by atoms with Crippen molar-refractivity contribution in [2.75, 3.05) is 12.1 Å². The highest BCUT2D eigenvalue weighted by Gasteiger charge is 2.08. The second kappa shape index (κ2) is 4.29. The molecular weight excluding hydrogens is 191 g/mol. The summed E-state index contributed by atoms with van der Waals surface area (Å²) in [6, 6.07) is -0.946. The van der Waals surface area contributed by atoms with Crippen LogP contribution in [0.3, 0.4) is 0 Å². The van der Waals surface area contributed by atoms with Crippen LogP contribution in [0.25, 0.3) is 0 Å². The molecule has 0 N–H and O–H groups in total. The summed E-state index contributed by atoms with van der Waals surface area (Å²) in [5.74, 6) is 0. The first kappa shape index (κ1) is 9.45. The van der Waals surface area contributed by atoms with Crippen molar-refractivity contribution in [3.05, 3.63) is 0 Å². The van der Waals surface area contributed by atoms with Crippen LogP contribution in [0, 0.1) is 0 Å². The molecule has 0 aliphatic carbocycles. The van der Waals surface area contributed by atoms with Gasteiger partial charge in [-0.25, -0.2) is 8.37 Å². The third kappa shape index (κ3) is 4.92. The fraction of sp³-hybridized carbons (Fsp3) is 1.00. The van der Waals surface area contributed by atoms with E-state index in [0.717, 1.165) is 0 Å². The molecule has 0 amide bonds. The average molecular weight is 195 g/mol. The van der Waals surface area contributed by atoms with E-state index in [9.17, 15) is 8.42 Å². The molecule has 4 nitrogen and oxygen atoms in total. The predicted molar refractivity (Wildman–Crippen MR) is 32.5 cm³/mol. The van der Waals surface area contributed by atoms with Gasteiger partial charge in [0.1, 0.15) is 12.1 Å². The van der Waals surface area contributed by atoms with E-state index in [-0.39, 0.29) is 0 Å². The van der Waals surface area contributed by atoms with E-state index < -0.39 is 22.5 Å². The van der Waals surface area contributed by atoms with Gasteiger partial charge in [0.15, 0.2) is 0 Å². The van der Waals surface area contributed by atoms with Gasteiger partial charge in [-0.15, -0.1) is 0 Å². The first-order valence-electron chi connectivity index (χ1n) is 1.78. The van der Waals surface area contributed by atoms with Gasteiger partial charge in [-0.05, 0) is 0 Å². The number of rotatable bonds is 4. The van der Waals surface area contributed by atoms with E-state index in [4.69, 9.17) is 23.2 Å². The molecule has 0 aliphatic rings. The van der Waals surface area contributed by atoms with Crippen molar-refractivity contribution in [3.8, 4) is 0 Å². The van der Waals surface area contributed by atoms with Gasteiger partial charge in [0.25, 0.3) is 0 Å². The Labute approximate surface area is 63.0 Å². The molecule has 0 bridgehead atoms. The van der Waals surface area contributed by atoms with E-state index in [1.807, 2.05) is 0 Å². The number of hydrogen-bond acceptors (Lipinski definition) is 4. The third-order valence-corrected chi connectivity index (χ3v) is 1.67. The Bertz CT molecular complexity index is 140.